The first kappa shape index (κ1) is 38.4. The molecule has 3 heterocycles. The van der Waals surface area contributed by atoms with Crippen LogP contribution in [0.4, 0.5) is 0 Å². The molecule has 0 bridgehead atoms. The summed E-state index contributed by atoms with van der Waals surface area (Å²) in [6.45, 7) is 4.07. The fraction of sp³-hybridized carbons (Fsp3) is 0.919. The van der Waals surface area contributed by atoms with Crippen LogP contribution in [0.15, 0.2) is 11.6 Å². The van der Waals surface area contributed by atoms with E-state index in [1.807, 2.05) is 6.92 Å². The van der Waals surface area contributed by atoms with Gasteiger partial charge in [0.25, 0.3) is 0 Å². The lowest BCUT2D eigenvalue weighted by atomic mass is 9.99. The number of aliphatic hydroxyl groups is 4. The maximum absolute atomic E-state index is 11.7. The Morgan fingerprint density at radius 2 is 1.11 bits per heavy atom. The fourth-order valence-corrected chi connectivity index (χ4v) is 7.31. The van der Waals surface area contributed by atoms with Crippen LogP contribution in [0.3, 0.4) is 0 Å². The fourth-order valence-electron chi connectivity index (χ4n) is 7.31. The largest absolute Gasteiger partial charge is 0.455 e. The van der Waals surface area contributed by atoms with Crippen molar-refractivity contribution < 1.29 is 39.4 Å². The van der Waals surface area contributed by atoms with Crippen LogP contribution in [0.25, 0.3) is 0 Å². The second kappa shape index (κ2) is 21.8. The molecule has 0 aromatic rings. The number of aliphatic hydroxyl groups excluding tert-OH is 4. The summed E-state index contributed by atoms with van der Waals surface area (Å²) in [6.07, 6.45) is 21.7. The van der Waals surface area contributed by atoms with Crippen molar-refractivity contribution in [3.63, 3.8) is 0 Å². The molecule has 3 aliphatic rings. The first-order valence-electron chi connectivity index (χ1n) is 18.7. The SMILES string of the molecule is CCCCCCCCCCC(O)C1CCC(C2CCC(C(O)CCCC(O)CCCCCCC(O)CC3=CC(C)OC3=O)O2)O1. The average molecular weight is 639 g/mol. The summed E-state index contributed by atoms with van der Waals surface area (Å²) in [5.41, 5.74) is 0.582. The van der Waals surface area contributed by atoms with Gasteiger partial charge in [-0.1, -0.05) is 84.0 Å². The number of carbonyl (C=O) groups excluding carboxylic acids is 1. The van der Waals surface area contributed by atoms with Gasteiger partial charge in [0.2, 0.25) is 0 Å². The zero-order valence-electron chi connectivity index (χ0n) is 28.5. The number of unbranched alkanes of at least 4 members (excludes halogenated alkanes) is 10. The zero-order chi connectivity index (χ0) is 32.4. The Kier molecular flexibility index (Phi) is 18.6. The molecule has 2 saturated heterocycles. The van der Waals surface area contributed by atoms with Gasteiger partial charge in [-0.3, -0.25) is 0 Å². The Hall–Kier alpha value is -1.03. The third-order valence-electron chi connectivity index (χ3n) is 10.1. The summed E-state index contributed by atoms with van der Waals surface area (Å²) in [7, 11) is 0. The van der Waals surface area contributed by atoms with Crippen molar-refractivity contribution in [2.45, 2.75) is 216 Å². The minimum atomic E-state index is -0.525. The number of hydrogen-bond donors (Lipinski definition) is 4. The van der Waals surface area contributed by atoms with E-state index in [2.05, 4.69) is 6.92 Å². The third kappa shape index (κ3) is 14.7. The van der Waals surface area contributed by atoms with Crippen molar-refractivity contribution in [1.82, 2.24) is 0 Å². The molecule has 2 fully saturated rings. The monoisotopic (exact) mass is 638 g/mol. The molecule has 0 aromatic heterocycles. The second-order valence-corrected chi connectivity index (χ2v) is 14.2. The summed E-state index contributed by atoms with van der Waals surface area (Å²) in [6, 6.07) is 0. The van der Waals surface area contributed by atoms with E-state index in [9.17, 15) is 25.2 Å². The van der Waals surface area contributed by atoms with E-state index < -0.39 is 18.3 Å². The number of ether oxygens (including phenoxy) is 3. The standard InChI is InChI=1S/C37H66O8/c1-3-4-5-6-7-8-9-14-19-31(40)33-21-23-35(44-33)36-24-22-34(45-36)32(41)20-15-18-29(38)16-12-10-11-13-17-30(39)26-28-25-27(2)43-37(28)42/h25,27,29-36,38-41H,3-24,26H2,1-2H3. The van der Waals surface area contributed by atoms with E-state index in [4.69, 9.17) is 14.2 Å². The van der Waals surface area contributed by atoms with Gasteiger partial charge in [0.05, 0.1) is 48.8 Å². The summed E-state index contributed by atoms with van der Waals surface area (Å²) < 4.78 is 17.6. The molecule has 0 aliphatic carbocycles. The molecular formula is C37H66O8. The maximum atomic E-state index is 11.7. The van der Waals surface area contributed by atoms with Crippen molar-refractivity contribution >= 4 is 5.97 Å². The molecule has 8 nitrogen and oxygen atoms in total. The van der Waals surface area contributed by atoms with Crippen LogP contribution in [-0.4, -0.2) is 81.3 Å². The van der Waals surface area contributed by atoms with Crippen LogP contribution in [0, 0.1) is 0 Å². The Labute approximate surface area is 273 Å². The lowest BCUT2D eigenvalue weighted by Crippen LogP contribution is -2.33. The van der Waals surface area contributed by atoms with Gasteiger partial charge in [0.15, 0.2) is 0 Å². The smallest absolute Gasteiger partial charge is 0.334 e. The molecule has 0 amide bonds. The minimum absolute atomic E-state index is 0.00308. The molecule has 0 radical (unpaired) electrons. The number of rotatable bonds is 25. The predicted octanol–water partition coefficient (Wildman–Crippen LogP) is 6.83. The molecule has 8 heteroatoms. The summed E-state index contributed by atoms with van der Waals surface area (Å²) in [5, 5.41) is 42.1. The predicted molar refractivity (Wildman–Crippen MR) is 177 cm³/mol. The molecule has 4 N–H and O–H groups in total. The van der Waals surface area contributed by atoms with E-state index in [1.54, 1.807) is 6.08 Å². The maximum Gasteiger partial charge on any atom is 0.334 e. The van der Waals surface area contributed by atoms with Gasteiger partial charge in [-0.2, -0.15) is 0 Å². The van der Waals surface area contributed by atoms with E-state index in [1.165, 1.54) is 44.9 Å². The van der Waals surface area contributed by atoms with Crippen LogP contribution < -0.4 is 0 Å². The van der Waals surface area contributed by atoms with Crippen molar-refractivity contribution in [3.05, 3.63) is 11.6 Å². The molecule has 262 valence electrons. The molecule has 3 aliphatic heterocycles. The Balaban J connectivity index is 1.16. The number of cyclic esters (lactones) is 1. The van der Waals surface area contributed by atoms with Gasteiger partial charge in [-0.05, 0) is 77.2 Å². The molecular weight excluding hydrogens is 572 g/mol. The number of esters is 1. The summed E-state index contributed by atoms with van der Waals surface area (Å²) in [4.78, 5) is 11.7. The van der Waals surface area contributed by atoms with Crippen LogP contribution in [0.1, 0.15) is 162 Å². The molecule has 0 aromatic carbocycles. The molecule has 0 spiro atoms. The topological polar surface area (TPSA) is 126 Å². The lowest BCUT2D eigenvalue weighted by molar-refractivity contribution is -0.139. The van der Waals surface area contributed by atoms with Gasteiger partial charge in [-0.25, -0.2) is 4.79 Å². The van der Waals surface area contributed by atoms with E-state index in [0.717, 1.165) is 77.0 Å². The second-order valence-electron chi connectivity index (χ2n) is 14.2. The van der Waals surface area contributed by atoms with Gasteiger partial charge in [0, 0.05) is 12.0 Å². The van der Waals surface area contributed by atoms with E-state index in [-0.39, 0.29) is 42.6 Å². The van der Waals surface area contributed by atoms with Crippen LogP contribution >= 0.6 is 0 Å². The Morgan fingerprint density at radius 1 is 0.644 bits per heavy atom. The first-order valence-corrected chi connectivity index (χ1v) is 18.7. The molecule has 3 rings (SSSR count). The Bertz CT molecular complexity index is 833. The van der Waals surface area contributed by atoms with Crippen LogP contribution in [-0.2, 0) is 19.0 Å². The van der Waals surface area contributed by atoms with Gasteiger partial charge in [0.1, 0.15) is 6.10 Å². The highest BCUT2D eigenvalue weighted by Crippen LogP contribution is 2.34. The van der Waals surface area contributed by atoms with E-state index >= 15 is 0 Å². The Morgan fingerprint density at radius 3 is 1.64 bits per heavy atom. The quantitative estimate of drug-likeness (QED) is 0.0634. The summed E-state index contributed by atoms with van der Waals surface area (Å²) >= 11 is 0. The highest BCUT2D eigenvalue weighted by Gasteiger charge is 2.40. The summed E-state index contributed by atoms with van der Waals surface area (Å²) in [5.74, 6) is -0.309. The molecule has 9 atom stereocenters. The lowest BCUT2D eigenvalue weighted by Gasteiger charge is -2.24. The van der Waals surface area contributed by atoms with Crippen molar-refractivity contribution in [3.8, 4) is 0 Å². The van der Waals surface area contributed by atoms with Crippen LogP contribution in [0.5, 0.6) is 0 Å². The van der Waals surface area contributed by atoms with Gasteiger partial charge < -0.3 is 34.6 Å². The normalized spacial score (nSPS) is 27.8. The molecule has 45 heavy (non-hydrogen) atoms. The highest BCUT2D eigenvalue weighted by molar-refractivity contribution is 5.90. The van der Waals surface area contributed by atoms with E-state index in [0.29, 0.717) is 31.3 Å². The van der Waals surface area contributed by atoms with Crippen molar-refractivity contribution in [1.29, 1.82) is 0 Å². The number of hydrogen-bond acceptors (Lipinski definition) is 8. The highest BCUT2D eigenvalue weighted by atomic mass is 16.6. The average Bonchev–Trinajstić information content (AvgIpc) is 3.76. The van der Waals surface area contributed by atoms with Gasteiger partial charge >= 0.3 is 5.97 Å². The van der Waals surface area contributed by atoms with Gasteiger partial charge in [-0.15, -0.1) is 0 Å². The first-order chi connectivity index (χ1) is 21.8. The molecule has 9 unspecified atom stereocenters. The third-order valence-corrected chi connectivity index (χ3v) is 10.1. The van der Waals surface area contributed by atoms with Crippen LogP contribution in [0.2, 0.25) is 0 Å². The van der Waals surface area contributed by atoms with Crippen molar-refractivity contribution in [2.24, 2.45) is 0 Å². The number of carbonyl (C=O) groups is 1. The zero-order valence-corrected chi connectivity index (χ0v) is 28.5. The minimum Gasteiger partial charge on any atom is -0.455 e. The molecule has 0 saturated carbocycles. The van der Waals surface area contributed by atoms with Crippen molar-refractivity contribution in [2.75, 3.05) is 0 Å².